The summed E-state index contributed by atoms with van der Waals surface area (Å²) in [6, 6.07) is 0.934. The molecule has 0 aromatic carbocycles. The van der Waals surface area contributed by atoms with E-state index in [0.717, 1.165) is 11.5 Å². The Morgan fingerprint density at radius 2 is 1.57 bits per heavy atom. The quantitative estimate of drug-likeness (QED) is 0.682. The van der Waals surface area contributed by atoms with E-state index in [1.54, 1.807) is 12.8 Å². The Bertz CT molecular complexity index is 194. The lowest BCUT2D eigenvalue weighted by Crippen LogP contribution is -2.49. The average Bonchev–Trinajstić information content (AvgIpc) is 3.01. The van der Waals surface area contributed by atoms with Crippen molar-refractivity contribution in [1.82, 2.24) is 10.2 Å². The van der Waals surface area contributed by atoms with Gasteiger partial charge < -0.3 is 5.32 Å². The van der Waals surface area contributed by atoms with E-state index in [2.05, 4.69) is 10.2 Å². The molecule has 2 heteroatoms. The third-order valence-corrected chi connectivity index (χ3v) is 4.64. The Hall–Kier alpha value is -0.0800. The van der Waals surface area contributed by atoms with Crippen LogP contribution in [-0.2, 0) is 0 Å². The zero-order valence-electron chi connectivity index (χ0n) is 9.10. The van der Waals surface area contributed by atoms with Gasteiger partial charge in [0.25, 0.3) is 0 Å². The molecule has 0 radical (unpaired) electrons. The molecule has 2 aliphatic carbocycles. The molecule has 0 atom stereocenters. The summed E-state index contributed by atoms with van der Waals surface area (Å²) >= 11 is 0. The van der Waals surface area contributed by atoms with Gasteiger partial charge in [-0.25, -0.2) is 0 Å². The Morgan fingerprint density at radius 3 is 2.14 bits per heavy atom. The fraction of sp³-hybridized carbons (Fsp3) is 1.00. The molecule has 1 saturated heterocycles. The number of piperazine rings is 1. The normalized spacial score (nSPS) is 33.4. The summed E-state index contributed by atoms with van der Waals surface area (Å²) in [7, 11) is 0. The summed E-state index contributed by atoms with van der Waals surface area (Å²) in [6.07, 6.45) is 9.12. The third-order valence-electron chi connectivity index (χ3n) is 4.64. The molecule has 0 aromatic heterocycles. The maximum absolute atomic E-state index is 3.44. The van der Waals surface area contributed by atoms with Gasteiger partial charge in [-0.1, -0.05) is 0 Å². The van der Waals surface area contributed by atoms with Crippen molar-refractivity contribution >= 4 is 0 Å². The fourth-order valence-corrected chi connectivity index (χ4v) is 3.30. The molecule has 1 spiro atoms. The molecule has 1 heterocycles. The Balaban J connectivity index is 1.53. The van der Waals surface area contributed by atoms with Crippen LogP contribution in [0.2, 0.25) is 0 Å². The van der Waals surface area contributed by atoms with Crippen LogP contribution in [0.5, 0.6) is 0 Å². The number of rotatable bonds is 1. The van der Waals surface area contributed by atoms with Crippen molar-refractivity contribution in [3.05, 3.63) is 0 Å². The van der Waals surface area contributed by atoms with E-state index in [0.29, 0.717) is 0 Å². The number of hydrogen-bond donors (Lipinski definition) is 1. The second kappa shape index (κ2) is 3.49. The topological polar surface area (TPSA) is 15.3 Å². The summed E-state index contributed by atoms with van der Waals surface area (Å²) in [4.78, 5) is 2.73. The number of nitrogens with zero attached hydrogens (tertiary/aromatic N) is 1. The van der Waals surface area contributed by atoms with Crippen LogP contribution in [0.1, 0.15) is 38.5 Å². The zero-order chi connectivity index (χ0) is 9.43. The van der Waals surface area contributed by atoms with Crippen LogP contribution in [0.4, 0.5) is 0 Å². The molecule has 1 aliphatic heterocycles. The molecule has 80 valence electrons. The van der Waals surface area contributed by atoms with E-state index in [4.69, 9.17) is 0 Å². The van der Waals surface area contributed by atoms with Gasteiger partial charge in [-0.05, 0) is 43.9 Å². The molecular formula is C12H22N2. The second-order valence-electron chi connectivity index (χ2n) is 5.52. The minimum Gasteiger partial charge on any atom is -0.314 e. The van der Waals surface area contributed by atoms with E-state index >= 15 is 0 Å². The van der Waals surface area contributed by atoms with Crippen LogP contribution in [-0.4, -0.2) is 37.1 Å². The van der Waals surface area contributed by atoms with Crippen molar-refractivity contribution in [2.24, 2.45) is 5.41 Å². The van der Waals surface area contributed by atoms with E-state index in [-0.39, 0.29) is 0 Å². The second-order valence-corrected chi connectivity index (χ2v) is 5.52. The highest BCUT2D eigenvalue weighted by Crippen LogP contribution is 2.56. The third kappa shape index (κ3) is 1.70. The van der Waals surface area contributed by atoms with Crippen molar-refractivity contribution < 1.29 is 0 Å². The molecule has 3 fully saturated rings. The van der Waals surface area contributed by atoms with Gasteiger partial charge in [-0.15, -0.1) is 0 Å². The number of nitrogens with one attached hydrogen (secondary N) is 1. The summed E-state index contributed by atoms with van der Waals surface area (Å²) in [5.74, 6) is 0. The van der Waals surface area contributed by atoms with Gasteiger partial charge in [0, 0.05) is 32.2 Å². The molecule has 3 rings (SSSR count). The minimum atomic E-state index is 0.866. The van der Waals surface area contributed by atoms with Crippen molar-refractivity contribution in [3.8, 4) is 0 Å². The SMILES string of the molecule is C1CN(C2CCC3(CC2)CC3)CCN1. The lowest BCUT2D eigenvalue weighted by atomic mass is 9.82. The molecule has 0 amide bonds. The van der Waals surface area contributed by atoms with E-state index in [1.807, 2.05) is 0 Å². The first kappa shape index (κ1) is 9.17. The smallest absolute Gasteiger partial charge is 0.0110 e. The predicted octanol–water partition coefficient (Wildman–Crippen LogP) is 1.61. The standard InChI is InChI=1S/C12H22N2/c1-3-12(5-6-12)4-2-11(1)14-9-7-13-8-10-14/h11,13H,1-10H2. The fourth-order valence-electron chi connectivity index (χ4n) is 3.30. The molecule has 0 bridgehead atoms. The first-order valence-electron chi connectivity index (χ1n) is 6.33. The van der Waals surface area contributed by atoms with E-state index in [9.17, 15) is 0 Å². The summed E-state index contributed by atoms with van der Waals surface area (Å²) in [6.45, 7) is 5.00. The summed E-state index contributed by atoms with van der Waals surface area (Å²) < 4.78 is 0. The van der Waals surface area contributed by atoms with Gasteiger partial charge in [0.05, 0.1) is 0 Å². The van der Waals surface area contributed by atoms with Crippen molar-refractivity contribution in [1.29, 1.82) is 0 Å². The molecule has 1 N–H and O–H groups in total. The van der Waals surface area contributed by atoms with Crippen LogP contribution >= 0.6 is 0 Å². The van der Waals surface area contributed by atoms with Gasteiger partial charge in [0.15, 0.2) is 0 Å². The molecule has 2 saturated carbocycles. The van der Waals surface area contributed by atoms with Gasteiger partial charge in [-0.3, -0.25) is 4.90 Å². The highest BCUT2D eigenvalue weighted by Gasteiger charge is 2.45. The van der Waals surface area contributed by atoms with Crippen LogP contribution in [0.25, 0.3) is 0 Å². The van der Waals surface area contributed by atoms with E-state index in [1.165, 1.54) is 51.9 Å². The van der Waals surface area contributed by atoms with Crippen molar-refractivity contribution in [3.63, 3.8) is 0 Å². The largest absolute Gasteiger partial charge is 0.314 e. The highest BCUT2D eigenvalue weighted by atomic mass is 15.2. The lowest BCUT2D eigenvalue weighted by Gasteiger charge is -2.39. The Morgan fingerprint density at radius 1 is 0.929 bits per heavy atom. The van der Waals surface area contributed by atoms with Crippen molar-refractivity contribution in [2.45, 2.75) is 44.6 Å². The Kier molecular flexibility index (Phi) is 2.29. The average molecular weight is 194 g/mol. The maximum atomic E-state index is 3.44. The molecule has 0 aromatic rings. The van der Waals surface area contributed by atoms with Crippen LogP contribution < -0.4 is 5.32 Å². The van der Waals surface area contributed by atoms with Gasteiger partial charge >= 0.3 is 0 Å². The van der Waals surface area contributed by atoms with Crippen LogP contribution in [0.15, 0.2) is 0 Å². The monoisotopic (exact) mass is 194 g/mol. The van der Waals surface area contributed by atoms with Gasteiger partial charge in [-0.2, -0.15) is 0 Å². The minimum absolute atomic E-state index is 0.866. The maximum Gasteiger partial charge on any atom is 0.0110 e. The molecule has 2 nitrogen and oxygen atoms in total. The van der Waals surface area contributed by atoms with Gasteiger partial charge in [0.2, 0.25) is 0 Å². The van der Waals surface area contributed by atoms with Crippen LogP contribution in [0, 0.1) is 5.41 Å². The molecular weight excluding hydrogens is 172 g/mol. The van der Waals surface area contributed by atoms with Crippen LogP contribution in [0.3, 0.4) is 0 Å². The Labute approximate surface area is 87.0 Å². The molecule has 3 aliphatic rings. The lowest BCUT2D eigenvalue weighted by molar-refractivity contribution is 0.116. The summed E-state index contributed by atoms with van der Waals surface area (Å²) in [5.41, 5.74) is 0.866. The summed E-state index contributed by atoms with van der Waals surface area (Å²) in [5, 5.41) is 3.44. The first-order chi connectivity index (χ1) is 6.88. The van der Waals surface area contributed by atoms with Gasteiger partial charge in [0.1, 0.15) is 0 Å². The molecule has 0 unspecified atom stereocenters. The highest BCUT2D eigenvalue weighted by molar-refractivity contribution is 4.98. The van der Waals surface area contributed by atoms with E-state index < -0.39 is 0 Å². The van der Waals surface area contributed by atoms with Crippen molar-refractivity contribution in [2.75, 3.05) is 26.2 Å². The predicted molar refractivity (Wildman–Crippen MR) is 58.4 cm³/mol. The molecule has 14 heavy (non-hydrogen) atoms. The zero-order valence-corrected chi connectivity index (χ0v) is 9.10. The first-order valence-corrected chi connectivity index (χ1v) is 6.33. The number of hydrogen-bond acceptors (Lipinski definition) is 2.